The molecule has 0 aromatic heterocycles. The zero-order valence-corrected chi connectivity index (χ0v) is 7.98. The summed E-state index contributed by atoms with van der Waals surface area (Å²) >= 11 is 5.55. The maximum Gasteiger partial charge on any atom is 0.145 e. The molecule has 0 heterocycles. The number of hydrogen-bond acceptors (Lipinski definition) is 2. The van der Waals surface area contributed by atoms with Crippen LogP contribution in [0.25, 0.3) is 0 Å². The number of halogens is 2. The first kappa shape index (κ1) is 10.4. The van der Waals surface area contributed by atoms with Crippen LogP contribution in [0.3, 0.4) is 0 Å². The van der Waals surface area contributed by atoms with E-state index in [1.165, 1.54) is 6.07 Å². The molecule has 72 valence electrons. The van der Waals surface area contributed by atoms with Gasteiger partial charge in [-0.15, -0.1) is 0 Å². The predicted molar refractivity (Wildman–Crippen MR) is 50.2 cm³/mol. The molecule has 1 aromatic carbocycles. The van der Waals surface area contributed by atoms with Gasteiger partial charge >= 0.3 is 0 Å². The van der Waals surface area contributed by atoms with Gasteiger partial charge in [-0.1, -0.05) is 17.7 Å². The number of aliphatic hydroxyl groups excluding tert-OH is 1. The van der Waals surface area contributed by atoms with E-state index < -0.39 is 11.9 Å². The highest BCUT2D eigenvalue weighted by atomic mass is 35.5. The van der Waals surface area contributed by atoms with Crippen molar-refractivity contribution in [3.05, 3.63) is 34.1 Å². The highest BCUT2D eigenvalue weighted by Gasteiger charge is 2.13. The van der Waals surface area contributed by atoms with Crippen molar-refractivity contribution in [1.29, 1.82) is 0 Å². The molecular formula is C9H11ClFNO. The number of rotatable bonds is 2. The second-order valence-corrected chi connectivity index (χ2v) is 3.23. The van der Waals surface area contributed by atoms with Crippen LogP contribution in [0.5, 0.6) is 0 Å². The second kappa shape index (κ2) is 4.05. The van der Waals surface area contributed by atoms with Crippen LogP contribution in [0.4, 0.5) is 4.39 Å². The largest absolute Gasteiger partial charge is 0.387 e. The molecule has 0 fully saturated rings. The van der Waals surface area contributed by atoms with E-state index in [0.717, 1.165) is 0 Å². The Morgan fingerprint density at radius 3 is 2.77 bits per heavy atom. The van der Waals surface area contributed by atoms with Crippen LogP contribution < -0.4 is 5.73 Å². The molecule has 0 aliphatic carbocycles. The highest BCUT2D eigenvalue weighted by molar-refractivity contribution is 6.30. The van der Waals surface area contributed by atoms with Gasteiger partial charge in [0.05, 0.1) is 11.1 Å². The molecule has 1 rings (SSSR count). The smallest absolute Gasteiger partial charge is 0.145 e. The van der Waals surface area contributed by atoms with E-state index in [1.54, 1.807) is 13.0 Å². The van der Waals surface area contributed by atoms with Crippen molar-refractivity contribution in [3.63, 3.8) is 0 Å². The fraction of sp³-hybridized carbons (Fsp3) is 0.333. The summed E-state index contributed by atoms with van der Waals surface area (Å²) in [6.07, 6.45) is -0.827. The van der Waals surface area contributed by atoms with Crippen LogP contribution in [0.2, 0.25) is 5.02 Å². The second-order valence-electron chi connectivity index (χ2n) is 2.83. The normalized spacial score (nSPS) is 13.0. The molecule has 1 aromatic rings. The Hall–Kier alpha value is -0.640. The van der Waals surface area contributed by atoms with Gasteiger partial charge in [-0.25, -0.2) is 4.39 Å². The fourth-order valence-electron chi connectivity index (χ4n) is 1.15. The third-order valence-corrected chi connectivity index (χ3v) is 2.26. The van der Waals surface area contributed by atoms with Gasteiger partial charge in [-0.05, 0) is 24.1 Å². The summed E-state index contributed by atoms with van der Waals surface area (Å²) in [5.41, 5.74) is 6.10. The van der Waals surface area contributed by atoms with Crippen LogP contribution in [-0.2, 0) is 0 Å². The fourth-order valence-corrected chi connectivity index (χ4v) is 1.36. The van der Waals surface area contributed by atoms with Crippen molar-refractivity contribution < 1.29 is 9.50 Å². The molecule has 4 heteroatoms. The molecule has 1 unspecified atom stereocenters. The van der Waals surface area contributed by atoms with Crippen LogP contribution in [0, 0.1) is 12.7 Å². The summed E-state index contributed by atoms with van der Waals surface area (Å²) in [6.45, 7) is 1.64. The minimum atomic E-state index is -0.827. The van der Waals surface area contributed by atoms with E-state index in [4.69, 9.17) is 17.3 Å². The molecule has 1 atom stereocenters. The lowest BCUT2D eigenvalue weighted by atomic mass is 10.0. The van der Waals surface area contributed by atoms with Gasteiger partial charge in [0, 0.05) is 6.54 Å². The average Bonchev–Trinajstić information content (AvgIpc) is 2.13. The summed E-state index contributed by atoms with van der Waals surface area (Å²) in [6, 6.07) is 3.00. The lowest BCUT2D eigenvalue weighted by Gasteiger charge is -2.12. The summed E-state index contributed by atoms with van der Waals surface area (Å²) in [5, 5.41) is 9.45. The monoisotopic (exact) mass is 203 g/mol. The number of hydrogen-bond donors (Lipinski definition) is 2. The summed E-state index contributed by atoms with van der Waals surface area (Å²) in [7, 11) is 0. The third kappa shape index (κ3) is 1.99. The van der Waals surface area contributed by atoms with Crippen LogP contribution >= 0.6 is 11.6 Å². The van der Waals surface area contributed by atoms with Crippen LogP contribution in [-0.4, -0.2) is 11.7 Å². The third-order valence-electron chi connectivity index (χ3n) is 1.96. The lowest BCUT2D eigenvalue weighted by Crippen LogP contribution is -2.13. The minimum absolute atomic E-state index is 0.0606. The van der Waals surface area contributed by atoms with Gasteiger partial charge < -0.3 is 10.8 Å². The predicted octanol–water partition coefficient (Wildman–Crippen LogP) is 1.78. The van der Waals surface area contributed by atoms with E-state index in [1.807, 2.05) is 0 Å². The van der Waals surface area contributed by atoms with Crippen molar-refractivity contribution in [2.24, 2.45) is 5.73 Å². The first-order valence-electron chi connectivity index (χ1n) is 3.90. The Bertz CT molecular complexity index is 317. The van der Waals surface area contributed by atoms with Crippen molar-refractivity contribution in [2.75, 3.05) is 6.54 Å². The Morgan fingerprint density at radius 2 is 2.23 bits per heavy atom. The van der Waals surface area contributed by atoms with Gasteiger partial charge in [-0.2, -0.15) is 0 Å². The zero-order chi connectivity index (χ0) is 10.0. The average molecular weight is 204 g/mol. The zero-order valence-electron chi connectivity index (χ0n) is 7.22. The van der Waals surface area contributed by atoms with E-state index in [2.05, 4.69) is 0 Å². The van der Waals surface area contributed by atoms with E-state index >= 15 is 0 Å². The molecule has 0 radical (unpaired) electrons. The molecule has 0 spiro atoms. The molecular weight excluding hydrogens is 193 g/mol. The summed E-state index contributed by atoms with van der Waals surface area (Å²) < 4.78 is 13.2. The topological polar surface area (TPSA) is 46.2 Å². The Morgan fingerprint density at radius 1 is 1.62 bits per heavy atom. The van der Waals surface area contributed by atoms with Crippen LogP contribution in [0.1, 0.15) is 17.2 Å². The first-order valence-corrected chi connectivity index (χ1v) is 4.28. The van der Waals surface area contributed by atoms with Gasteiger partial charge in [-0.3, -0.25) is 0 Å². The van der Waals surface area contributed by atoms with Crippen molar-refractivity contribution >= 4 is 11.6 Å². The quantitative estimate of drug-likeness (QED) is 0.770. The van der Waals surface area contributed by atoms with Crippen molar-refractivity contribution in [3.8, 4) is 0 Å². The Kier molecular flexibility index (Phi) is 3.25. The van der Waals surface area contributed by atoms with Gasteiger partial charge in [0.1, 0.15) is 5.82 Å². The first-order chi connectivity index (χ1) is 6.07. The van der Waals surface area contributed by atoms with Gasteiger partial charge in [0.25, 0.3) is 0 Å². The Labute approximate surface area is 81.1 Å². The minimum Gasteiger partial charge on any atom is -0.387 e. The summed E-state index contributed by atoms with van der Waals surface area (Å²) in [5.74, 6) is -0.494. The van der Waals surface area contributed by atoms with Gasteiger partial charge in [0.2, 0.25) is 0 Å². The highest BCUT2D eigenvalue weighted by Crippen LogP contribution is 2.24. The molecule has 0 amide bonds. The van der Waals surface area contributed by atoms with E-state index in [0.29, 0.717) is 11.1 Å². The van der Waals surface area contributed by atoms with Gasteiger partial charge in [0.15, 0.2) is 0 Å². The maximum atomic E-state index is 13.2. The van der Waals surface area contributed by atoms with E-state index in [-0.39, 0.29) is 11.6 Å². The maximum absolute atomic E-state index is 13.2. The van der Waals surface area contributed by atoms with Crippen LogP contribution in [0.15, 0.2) is 12.1 Å². The molecule has 0 bridgehead atoms. The molecule has 3 N–H and O–H groups in total. The number of aliphatic hydroxyl groups is 1. The number of benzene rings is 1. The SMILES string of the molecule is Cc1c(C(O)CN)ccc(Cl)c1F. The van der Waals surface area contributed by atoms with Crippen molar-refractivity contribution in [2.45, 2.75) is 13.0 Å². The molecule has 2 nitrogen and oxygen atoms in total. The summed E-state index contributed by atoms with van der Waals surface area (Å²) in [4.78, 5) is 0. The standard InChI is InChI=1S/C9H11ClFNO/c1-5-6(8(13)4-12)2-3-7(10)9(5)11/h2-3,8,13H,4,12H2,1H3. The molecule has 0 aliphatic rings. The lowest BCUT2D eigenvalue weighted by molar-refractivity contribution is 0.185. The number of nitrogens with two attached hydrogens (primary N) is 1. The van der Waals surface area contributed by atoms with Crippen molar-refractivity contribution in [1.82, 2.24) is 0 Å². The Balaban J connectivity index is 3.18. The molecule has 13 heavy (non-hydrogen) atoms. The van der Waals surface area contributed by atoms with E-state index in [9.17, 15) is 9.50 Å². The molecule has 0 aliphatic heterocycles. The molecule has 0 saturated heterocycles. The molecule has 0 saturated carbocycles.